The largest absolute Gasteiger partial charge is 0.481 e. The van der Waals surface area contributed by atoms with Crippen molar-refractivity contribution in [1.29, 1.82) is 0 Å². The van der Waals surface area contributed by atoms with Gasteiger partial charge >= 0.3 is 0 Å². The van der Waals surface area contributed by atoms with Crippen LogP contribution < -0.4 is 4.74 Å². The molecule has 0 unspecified atom stereocenters. The number of aryl methyl sites for hydroxylation is 1. The summed E-state index contributed by atoms with van der Waals surface area (Å²) in [6.07, 6.45) is 6.81. The number of aromatic nitrogens is 3. The molecule has 0 N–H and O–H groups in total. The van der Waals surface area contributed by atoms with Crippen molar-refractivity contribution in [3.63, 3.8) is 0 Å². The lowest BCUT2D eigenvalue weighted by Crippen LogP contribution is -2.38. The van der Waals surface area contributed by atoms with E-state index in [1.165, 1.54) is 19.3 Å². The van der Waals surface area contributed by atoms with Gasteiger partial charge in [0, 0.05) is 29.7 Å². The average Bonchev–Trinajstić information content (AvgIpc) is 2.80. The van der Waals surface area contributed by atoms with E-state index in [9.17, 15) is 0 Å². The zero-order valence-corrected chi connectivity index (χ0v) is 14.0. The van der Waals surface area contributed by atoms with Gasteiger partial charge in [-0.1, -0.05) is 6.42 Å². The van der Waals surface area contributed by atoms with Gasteiger partial charge in [-0.25, -0.2) is 4.98 Å². The van der Waals surface area contributed by atoms with Crippen LogP contribution in [0.4, 0.5) is 0 Å². The minimum absolute atomic E-state index is 0.333. The molecule has 0 bridgehead atoms. The molecule has 0 saturated heterocycles. The van der Waals surface area contributed by atoms with Gasteiger partial charge in [-0.3, -0.25) is 0 Å². The van der Waals surface area contributed by atoms with E-state index in [0.29, 0.717) is 16.5 Å². The van der Waals surface area contributed by atoms with Crippen molar-refractivity contribution in [2.75, 3.05) is 19.2 Å². The fourth-order valence-corrected chi connectivity index (χ4v) is 4.00. The van der Waals surface area contributed by atoms with Crippen molar-refractivity contribution < 1.29 is 4.74 Å². The third-order valence-corrected chi connectivity index (χ3v) is 5.91. The summed E-state index contributed by atoms with van der Waals surface area (Å²) in [5, 5.41) is 0. The molecule has 1 fully saturated rings. The zero-order valence-electron chi connectivity index (χ0n) is 12.4. The highest BCUT2D eigenvalue weighted by molar-refractivity contribution is 8.00. The SMILES string of the molecule is COc1ccc2nc(CCCl)n(CC3(SC)CCC3)c2n1. The number of alkyl halides is 1. The topological polar surface area (TPSA) is 39.9 Å². The van der Waals surface area contributed by atoms with Crippen LogP contribution in [0.5, 0.6) is 5.88 Å². The molecule has 1 aliphatic carbocycles. The van der Waals surface area contributed by atoms with E-state index in [2.05, 4.69) is 15.8 Å². The van der Waals surface area contributed by atoms with Gasteiger partial charge in [-0.05, 0) is 25.2 Å². The summed E-state index contributed by atoms with van der Waals surface area (Å²) in [5.41, 5.74) is 1.83. The number of hydrogen-bond donors (Lipinski definition) is 0. The normalized spacial score (nSPS) is 16.9. The molecule has 3 rings (SSSR count). The highest BCUT2D eigenvalue weighted by Crippen LogP contribution is 2.44. The Labute approximate surface area is 134 Å². The number of thioether (sulfide) groups is 1. The van der Waals surface area contributed by atoms with Crippen LogP contribution >= 0.6 is 23.4 Å². The molecule has 0 aromatic carbocycles. The van der Waals surface area contributed by atoms with Crippen LogP contribution in [0.25, 0.3) is 11.2 Å². The molecule has 0 amide bonds. The number of imidazole rings is 1. The van der Waals surface area contributed by atoms with Crippen molar-refractivity contribution in [2.45, 2.75) is 37.0 Å². The summed E-state index contributed by atoms with van der Waals surface area (Å²) in [6.45, 7) is 0.955. The van der Waals surface area contributed by atoms with Gasteiger partial charge < -0.3 is 9.30 Å². The van der Waals surface area contributed by atoms with Crippen molar-refractivity contribution in [3.8, 4) is 5.88 Å². The number of halogens is 1. The summed E-state index contributed by atoms with van der Waals surface area (Å²) in [7, 11) is 1.64. The van der Waals surface area contributed by atoms with E-state index in [1.807, 2.05) is 23.9 Å². The van der Waals surface area contributed by atoms with E-state index in [1.54, 1.807) is 7.11 Å². The van der Waals surface area contributed by atoms with Crippen molar-refractivity contribution >= 4 is 34.5 Å². The maximum Gasteiger partial charge on any atom is 0.215 e. The third-order valence-electron chi connectivity index (χ3n) is 4.32. The van der Waals surface area contributed by atoms with Crippen LogP contribution in [0.2, 0.25) is 0 Å². The lowest BCUT2D eigenvalue weighted by Gasteiger charge is -2.41. The van der Waals surface area contributed by atoms with Crippen molar-refractivity contribution in [3.05, 3.63) is 18.0 Å². The fourth-order valence-electron chi connectivity index (χ4n) is 2.87. The lowest BCUT2D eigenvalue weighted by atomic mass is 9.84. The second-order valence-corrected chi connectivity index (χ2v) is 7.14. The predicted molar refractivity (Wildman–Crippen MR) is 88.6 cm³/mol. The standard InChI is InChI=1S/C15H20ClN3OS/c1-20-13-5-4-11-14(18-13)19(12(17-11)6-9-16)10-15(21-2)7-3-8-15/h4-5H,3,6-10H2,1-2H3. The summed E-state index contributed by atoms with van der Waals surface area (Å²) in [6, 6.07) is 3.83. The summed E-state index contributed by atoms with van der Waals surface area (Å²) >= 11 is 7.91. The first kappa shape index (κ1) is 15.0. The summed E-state index contributed by atoms with van der Waals surface area (Å²) < 4.78 is 7.84. The van der Waals surface area contributed by atoms with Gasteiger partial charge in [-0.2, -0.15) is 16.7 Å². The van der Waals surface area contributed by atoms with Crippen LogP contribution in [0.3, 0.4) is 0 Å². The molecule has 114 valence electrons. The Kier molecular flexibility index (Phi) is 4.31. The highest BCUT2D eigenvalue weighted by Gasteiger charge is 2.37. The second-order valence-electron chi connectivity index (χ2n) is 5.49. The van der Waals surface area contributed by atoms with Gasteiger partial charge in [0.05, 0.1) is 7.11 Å². The number of hydrogen-bond acceptors (Lipinski definition) is 4. The molecule has 21 heavy (non-hydrogen) atoms. The van der Waals surface area contributed by atoms with Crippen molar-refractivity contribution in [1.82, 2.24) is 14.5 Å². The number of pyridine rings is 1. The quantitative estimate of drug-likeness (QED) is 0.762. The Morgan fingerprint density at radius 2 is 2.19 bits per heavy atom. The molecule has 1 saturated carbocycles. The molecule has 1 aliphatic rings. The third kappa shape index (κ3) is 2.73. The van der Waals surface area contributed by atoms with Crippen LogP contribution in [-0.4, -0.2) is 38.5 Å². The highest BCUT2D eigenvalue weighted by atomic mass is 35.5. The number of rotatable bonds is 6. The van der Waals surface area contributed by atoms with Gasteiger partial charge in [-0.15, -0.1) is 11.6 Å². The molecule has 6 heteroatoms. The first-order valence-electron chi connectivity index (χ1n) is 7.22. The monoisotopic (exact) mass is 325 g/mol. The molecule has 0 aliphatic heterocycles. The molecule has 0 radical (unpaired) electrons. The Morgan fingerprint density at radius 1 is 1.38 bits per heavy atom. The van der Waals surface area contributed by atoms with Gasteiger partial charge in [0.2, 0.25) is 5.88 Å². The molecular formula is C15H20ClN3OS. The summed E-state index contributed by atoms with van der Waals surface area (Å²) in [4.78, 5) is 9.31. The Balaban J connectivity index is 2.05. The Morgan fingerprint density at radius 3 is 2.76 bits per heavy atom. The van der Waals surface area contributed by atoms with E-state index in [4.69, 9.17) is 21.3 Å². The minimum Gasteiger partial charge on any atom is -0.481 e. The molecular weight excluding hydrogens is 306 g/mol. The Bertz CT molecular complexity index is 634. The molecule has 2 heterocycles. The van der Waals surface area contributed by atoms with Gasteiger partial charge in [0.25, 0.3) is 0 Å². The molecule has 0 spiro atoms. The fraction of sp³-hybridized carbons (Fsp3) is 0.600. The van der Waals surface area contributed by atoms with E-state index in [0.717, 1.165) is 30.0 Å². The van der Waals surface area contributed by atoms with Crippen LogP contribution in [0.1, 0.15) is 25.1 Å². The predicted octanol–water partition coefficient (Wildman–Crippen LogP) is 3.51. The molecule has 2 aromatic rings. The first-order valence-corrected chi connectivity index (χ1v) is 8.98. The maximum atomic E-state index is 5.94. The number of fused-ring (bicyclic) bond motifs is 1. The van der Waals surface area contributed by atoms with Crippen molar-refractivity contribution in [2.24, 2.45) is 0 Å². The Hall–Kier alpha value is -0.940. The van der Waals surface area contributed by atoms with Gasteiger partial charge in [0.15, 0.2) is 5.65 Å². The minimum atomic E-state index is 0.333. The van der Waals surface area contributed by atoms with Gasteiger partial charge in [0.1, 0.15) is 11.3 Å². The average molecular weight is 326 g/mol. The van der Waals surface area contributed by atoms with Crippen LogP contribution in [0, 0.1) is 0 Å². The number of methoxy groups -OCH3 is 1. The zero-order chi connectivity index (χ0) is 14.9. The smallest absolute Gasteiger partial charge is 0.215 e. The second kappa shape index (κ2) is 6.05. The number of nitrogens with zero attached hydrogens (tertiary/aromatic N) is 3. The first-order chi connectivity index (χ1) is 10.2. The van der Waals surface area contributed by atoms with E-state index < -0.39 is 0 Å². The number of ether oxygens (including phenoxy) is 1. The van der Waals surface area contributed by atoms with Crippen LogP contribution in [-0.2, 0) is 13.0 Å². The van der Waals surface area contributed by atoms with E-state index in [-0.39, 0.29) is 0 Å². The molecule has 2 aromatic heterocycles. The summed E-state index contributed by atoms with van der Waals surface area (Å²) in [5.74, 6) is 2.24. The maximum absolute atomic E-state index is 5.94. The lowest BCUT2D eigenvalue weighted by molar-refractivity contribution is 0.321. The van der Waals surface area contributed by atoms with E-state index >= 15 is 0 Å². The molecule has 0 atom stereocenters. The van der Waals surface area contributed by atoms with Crippen LogP contribution in [0.15, 0.2) is 12.1 Å². The molecule has 4 nitrogen and oxygen atoms in total.